The minimum Gasteiger partial charge on any atom is -0.494 e. The maximum Gasteiger partial charge on any atom is 0.338 e. The van der Waals surface area contributed by atoms with Gasteiger partial charge in [-0.15, -0.1) is 0 Å². The fraction of sp³-hybridized carbons (Fsp3) is 0.419. The third kappa shape index (κ3) is 24.4. The lowest BCUT2D eigenvalue weighted by Gasteiger charge is -2.16. The van der Waals surface area contributed by atoms with E-state index >= 15 is 0 Å². The van der Waals surface area contributed by atoms with Gasteiger partial charge in [-0.2, -0.15) is 5.10 Å². The summed E-state index contributed by atoms with van der Waals surface area (Å²) in [5.41, 5.74) is 1.80. The standard InChI is InChI=1S/C62H75N3O14S/c1-4-7-8-17-38-65(62-64-54-24-13-14-25-55(54)80-62)63-46-48-45-52(79-59(69)27-15-22-43-76-60(70)47-28-30-49(31-29-47)72-39-18-9-11-20-41-74-56(66)5-2)36-37-53(48)61(71)77-44-23-16-26-58(68)78-51-34-32-50(33-35-51)73-40-19-10-12-21-42-75-57(67)6-3/h5-6,13-14,24-25,28-37,45-46H,2-4,7-12,15-23,26-27,38-44H2,1H3/b63-46+. The number of nitrogens with zero attached hydrogens (tertiary/aromatic N) is 3. The first-order valence-corrected chi connectivity index (χ1v) is 28.5. The van der Waals surface area contributed by atoms with Gasteiger partial charge in [-0.05, 0) is 162 Å². The molecule has 0 amide bonds. The number of unbranched alkanes of at least 4 members (excludes halogenated alkanes) is 11. The highest BCUT2D eigenvalue weighted by molar-refractivity contribution is 7.22. The lowest BCUT2D eigenvalue weighted by molar-refractivity contribution is -0.138. The minimum absolute atomic E-state index is 0.0438. The number of ether oxygens (including phenoxy) is 8. The van der Waals surface area contributed by atoms with Gasteiger partial charge in [-0.3, -0.25) is 9.59 Å². The van der Waals surface area contributed by atoms with Crippen LogP contribution in [0.1, 0.15) is 149 Å². The molecule has 0 aliphatic carbocycles. The Balaban J connectivity index is 1.08. The number of carbonyl (C=O) groups is 6. The number of benzene rings is 4. The number of esters is 6. The fourth-order valence-corrected chi connectivity index (χ4v) is 8.69. The fourth-order valence-electron chi connectivity index (χ4n) is 7.74. The molecule has 0 aliphatic heterocycles. The number of carbonyl (C=O) groups excluding carboxylic acids is 6. The molecule has 17 nitrogen and oxygen atoms in total. The zero-order valence-corrected chi connectivity index (χ0v) is 46.8. The summed E-state index contributed by atoms with van der Waals surface area (Å²) in [6, 6.07) is 26.0. The Morgan fingerprint density at radius 1 is 0.537 bits per heavy atom. The van der Waals surface area contributed by atoms with E-state index in [-0.39, 0.29) is 37.4 Å². The maximum absolute atomic E-state index is 13.7. The van der Waals surface area contributed by atoms with Crippen molar-refractivity contribution in [3.8, 4) is 23.0 Å². The summed E-state index contributed by atoms with van der Waals surface area (Å²) in [6.07, 6.45) is 16.6. The summed E-state index contributed by atoms with van der Waals surface area (Å²) in [5, 5.41) is 7.37. The zero-order valence-electron chi connectivity index (χ0n) is 45.9. The van der Waals surface area contributed by atoms with E-state index in [2.05, 4.69) is 20.1 Å². The molecule has 18 heteroatoms. The average Bonchev–Trinajstić information content (AvgIpc) is 3.94. The van der Waals surface area contributed by atoms with Crippen LogP contribution in [0.4, 0.5) is 5.13 Å². The van der Waals surface area contributed by atoms with Crippen molar-refractivity contribution < 1.29 is 66.7 Å². The third-order valence-electron chi connectivity index (χ3n) is 12.1. The monoisotopic (exact) mass is 1120 g/mol. The van der Waals surface area contributed by atoms with Crippen molar-refractivity contribution in [2.45, 2.75) is 122 Å². The highest BCUT2D eigenvalue weighted by Gasteiger charge is 2.18. The molecule has 80 heavy (non-hydrogen) atoms. The second-order valence-corrected chi connectivity index (χ2v) is 19.5. The number of hydrazone groups is 1. The van der Waals surface area contributed by atoms with Crippen LogP contribution in [0.2, 0.25) is 0 Å². The molecular weight excluding hydrogens is 1040 g/mol. The Labute approximate surface area is 473 Å². The van der Waals surface area contributed by atoms with Gasteiger partial charge in [0, 0.05) is 37.1 Å². The van der Waals surface area contributed by atoms with Gasteiger partial charge in [0.2, 0.25) is 5.13 Å². The van der Waals surface area contributed by atoms with Crippen molar-refractivity contribution in [3.63, 3.8) is 0 Å². The van der Waals surface area contributed by atoms with E-state index in [1.807, 2.05) is 29.3 Å². The van der Waals surface area contributed by atoms with E-state index in [4.69, 9.17) is 48.0 Å². The topological polar surface area (TPSA) is 205 Å². The lowest BCUT2D eigenvalue weighted by Crippen LogP contribution is -2.18. The Morgan fingerprint density at radius 3 is 1.62 bits per heavy atom. The first kappa shape index (κ1) is 63.0. The van der Waals surface area contributed by atoms with E-state index in [9.17, 15) is 28.8 Å². The van der Waals surface area contributed by atoms with Gasteiger partial charge in [0.05, 0.1) is 67.2 Å². The Kier molecular flexibility index (Phi) is 29.2. The third-order valence-corrected chi connectivity index (χ3v) is 13.2. The maximum atomic E-state index is 13.7. The van der Waals surface area contributed by atoms with E-state index < -0.39 is 35.8 Å². The van der Waals surface area contributed by atoms with E-state index in [0.29, 0.717) is 92.2 Å². The SMILES string of the molecule is C=CC(=O)OCCCCCCOc1ccc(OC(=O)CCCCOC(=O)c2ccc(OC(=O)CCCCOC(=O)c3ccc(OCCCCCCOC(=O)C=C)cc3)cc2/C=N/N(CCCCCC)c2nc3ccccc3s2)cc1. The molecule has 0 aliphatic rings. The Hall–Kier alpha value is -7.86. The second-order valence-electron chi connectivity index (χ2n) is 18.5. The average molecular weight is 1120 g/mol. The molecule has 1 heterocycles. The van der Waals surface area contributed by atoms with Crippen LogP contribution in [0.3, 0.4) is 0 Å². The van der Waals surface area contributed by atoms with Gasteiger partial charge in [-0.25, -0.2) is 29.2 Å². The van der Waals surface area contributed by atoms with Crippen LogP contribution in [0.5, 0.6) is 23.0 Å². The highest BCUT2D eigenvalue weighted by Crippen LogP contribution is 2.30. The molecule has 1 aromatic heterocycles. The van der Waals surface area contributed by atoms with E-state index in [1.54, 1.807) is 60.8 Å². The molecule has 0 fully saturated rings. The first-order valence-electron chi connectivity index (χ1n) is 27.7. The predicted molar refractivity (Wildman–Crippen MR) is 308 cm³/mol. The molecule has 0 spiro atoms. The van der Waals surface area contributed by atoms with Gasteiger partial charge in [0.1, 0.15) is 23.0 Å². The van der Waals surface area contributed by atoms with Gasteiger partial charge in [0.15, 0.2) is 0 Å². The van der Waals surface area contributed by atoms with Crippen LogP contribution >= 0.6 is 11.3 Å². The molecule has 5 rings (SSSR count). The van der Waals surface area contributed by atoms with Gasteiger partial charge >= 0.3 is 35.8 Å². The molecule has 4 aromatic carbocycles. The van der Waals surface area contributed by atoms with Crippen molar-refractivity contribution in [2.24, 2.45) is 5.10 Å². The molecule has 0 saturated carbocycles. The lowest BCUT2D eigenvalue weighted by atomic mass is 10.1. The molecular formula is C62H75N3O14S. The highest BCUT2D eigenvalue weighted by atomic mass is 32.1. The number of para-hydroxylation sites is 1. The normalized spacial score (nSPS) is 10.9. The quantitative estimate of drug-likeness (QED) is 0.00680. The number of fused-ring (bicyclic) bond motifs is 1. The number of hydrogen-bond acceptors (Lipinski definition) is 18. The number of aromatic nitrogens is 1. The summed E-state index contributed by atoms with van der Waals surface area (Å²) in [6.45, 7) is 11.4. The number of thiazole rings is 1. The van der Waals surface area contributed by atoms with Crippen molar-refractivity contribution >= 4 is 68.7 Å². The summed E-state index contributed by atoms with van der Waals surface area (Å²) in [7, 11) is 0. The first-order chi connectivity index (χ1) is 39.0. The summed E-state index contributed by atoms with van der Waals surface area (Å²) < 4.78 is 45.0. The van der Waals surface area contributed by atoms with Crippen LogP contribution in [0, 0.1) is 0 Å². The summed E-state index contributed by atoms with van der Waals surface area (Å²) >= 11 is 1.52. The van der Waals surface area contributed by atoms with Crippen molar-refractivity contribution in [3.05, 3.63) is 133 Å². The largest absolute Gasteiger partial charge is 0.494 e. The molecule has 0 unspecified atom stereocenters. The van der Waals surface area contributed by atoms with Crippen LogP contribution in [0.25, 0.3) is 10.2 Å². The number of hydrogen-bond donors (Lipinski definition) is 0. The van der Waals surface area contributed by atoms with Gasteiger partial charge in [0.25, 0.3) is 0 Å². The molecule has 428 valence electrons. The van der Waals surface area contributed by atoms with Crippen molar-refractivity contribution in [1.29, 1.82) is 0 Å². The molecule has 0 atom stereocenters. The molecule has 0 saturated heterocycles. The molecule has 0 bridgehead atoms. The summed E-state index contributed by atoms with van der Waals surface area (Å²) in [5.74, 6) is -0.961. The smallest absolute Gasteiger partial charge is 0.338 e. The van der Waals surface area contributed by atoms with Crippen molar-refractivity contribution in [2.75, 3.05) is 51.2 Å². The van der Waals surface area contributed by atoms with Crippen LogP contribution in [-0.2, 0) is 38.1 Å². The van der Waals surface area contributed by atoms with Gasteiger partial charge in [-0.1, -0.05) is 62.8 Å². The van der Waals surface area contributed by atoms with Crippen LogP contribution < -0.4 is 24.0 Å². The van der Waals surface area contributed by atoms with Crippen molar-refractivity contribution in [1.82, 2.24) is 4.98 Å². The van der Waals surface area contributed by atoms with E-state index in [1.165, 1.54) is 23.5 Å². The Bertz CT molecular complexity index is 2730. The van der Waals surface area contributed by atoms with Gasteiger partial charge < -0.3 is 37.9 Å². The minimum atomic E-state index is -0.612. The second kappa shape index (κ2) is 37.1. The number of rotatable bonds is 40. The molecule has 5 aromatic rings. The number of anilines is 1. The van der Waals surface area contributed by atoms with Crippen LogP contribution in [-0.4, -0.2) is 93.2 Å². The Morgan fingerprint density at radius 2 is 1.04 bits per heavy atom. The van der Waals surface area contributed by atoms with Crippen LogP contribution in [0.15, 0.2) is 121 Å². The molecule has 0 radical (unpaired) electrons. The summed E-state index contributed by atoms with van der Waals surface area (Å²) in [4.78, 5) is 79.2. The zero-order chi connectivity index (χ0) is 57.0. The molecule has 0 N–H and O–H groups in total. The van der Waals surface area contributed by atoms with E-state index in [0.717, 1.165) is 99.4 Å². The predicted octanol–water partition coefficient (Wildman–Crippen LogP) is 12.9.